The summed E-state index contributed by atoms with van der Waals surface area (Å²) in [5, 5.41) is 16.2. The first-order valence-electron chi connectivity index (χ1n) is 11.2. The number of carbonyl (C=O) groups is 1. The molecule has 0 bridgehead atoms. The van der Waals surface area contributed by atoms with Gasteiger partial charge in [-0.1, -0.05) is 0 Å². The molecule has 1 fully saturated rings. The maximum Gasteiger partial charge on any atom is 0.416 e. The van der Waals surface area contributed by atoms with Gasteiger partial charge in [-0.3, -0.25) is 4.79 Å². The van der Waals surface area contributed by atoms with Crippen LogP contribution in [0.1, 0.15) is 17.5 Å². The van der Waals surface area contributed by atoms with Gasteiger partial charge in [0.05, 0.1) is 40.8 Å². The summed E-state index contributed by atoms with van der Waals surface area (Å²) in [4.78, 5) is 12.9. The van der Waals surface area contributed by atoms with E-state index in [2.05, 4.69) is 10.4 Å². The van der Waals surface area contributed by atoms with Crippen molar-refractivity contribution in [2.45, 2.75) is 30.1 Å². The Labute approximate surface area is 215 Å². The lowest BCUT2D eigenvalue weighted by Gasteiger charge is -2.23. The van der Waals surface area contributed by atoms with Gasteiger partial charge in [0, 0.05) is 19.3 Å². The average molecular weight is 552 g/mol. The molecular weight excluding hydrogens is 530 g/mol. The molecule has 1 saturated heterocycles. The zero-order valence-electron chi connectivity index (χ0n) is 19.8. The topological polar surface area (TPSA) is 117 Å². The van der Waals surface area contributed by atoms with Crippen LogP contribution in [0.15, 0.2) is 59.6 Å². The van der Waals surface area contributed by atoms with Crippen LogP contribution in [-0.4, -0.2) is 48.1 Å². The molecule has 0 unspecified atom stereocenters. The maximum atomic E-state index is 13.3. The largest absolute Gasteiger partial charge is 0.480 e. The number of rotatable bonds is 7. The normalized spacial score (nSPS) is 18.2. The van der Waals surface area contributed by atoms with Crippen LogP contribution >= 0.6 is 0 Å². The Hall–Kier alpha value is -3.96. The summed E-state index contributed by atoms with van der Waals surface area (Å²) in [6.07, 6.45) is -3.06. The van der Waals surface area contributed by atoms with Crippen molar-refractivity contribution in [2.24, 2.45) is 5.92 Å². The summed E-state index contributed by atoms with van der Waals surface area (Å²) < 4.78 is 85.6. The Morgan fingerprint density at radius 3 is 2.42 bits per heavy atom. The molecule has 0 radical (unpaired) electrons. The molecule has 1 aromatic heterocycles. The van der Waals surface area contributed by atoms with Gasteiger partial charge in [0.1, 0.15) is 11.9 Å². The second-order valence-electron chi connectivity index (χ2n) is 8.48. The van der Waals surface area contributed by atoms with Crippen molar-refractivity contribution in [3.05, 3.63) is 71.7 Å². The van der Waals surface area contributed by atoms with E-state index in [-0.39, 0.29) is 30.3 Å². The van der Waals surface area contributed by atoms with E-state index >= 15 is 0 Å². The van der Waals surface area contributed by atoms with E-state index in [1.54, 1.807) is 0 Å². The maximum absolute atomic E-state index is 13.3. The molecule has 9 nitrogen and oxygen atoms in total. The monoisotopic (exact) mass is 551 g/mol. The minimum atomic E-state index is -4.49. The molecule has 0 spiro atoms. The lowest BCUT2D eigenvalue weighted by atomic mass is 10.1. The van der Waals surface area contributed by atoms with Crippen molar-refractivity contribution in [1.29, 1.82) is 5.26 Å². The van der Waals surface area contributed by atoms with Crippen molar-refractivity contribution in [1.82, 2.24) is 19.4 Å². The molecule has 2 atom stereocenters. The SMILES string of the molecule is COc1nn(-c2ccc(C(F)(F)F)cc2)cc1CNC(=O)[C@@H]1C[C@@H](C#N)CN1S(=O)(=O)c1ccc(F)cc1. The van der Waals surface area contributed by atoms with E-state index in [4.69, 9.17) is 4.74 Å². The van der Waals surface area contributed by atoms with Gasteiger partial charge in [-0.15, -0.1) is 5.10 Å². The number of halogens is 4. The van der Waals surface area contributed by atoms with Crippen LogP contribution in [0.25, 0.3) is 5.69 Å². The number of benzene rings is 2. The van der Waals surface area contributed by atoms with E-state index in [0.717, 1.165) is 40.7 Å². The van der Waals surface area contributed by atoms with E-state index in [9.17, 15) is 36.0 Å². The van der Waals surface area contributed by atoms with Crippen molar-refractivity contribution in [3.8, 4) is 17.6 Å². The second kappa shape index (κ2) is 10.4. The highest BCUT2D eigenvalue weighted by Gasteiger charge is 2.44. The van der Waals surface area contributed by atoms with Gasteiger partial charge in [0.15, 0.2) is 0 Å². The number of methoxy groups -OCH3 is 1. The van der Waals surface area contributed by atoms with Crippen LogP contribution in [-0.2, 0) is 27.5 Å². The fourth-order valence-corrected chi connectivity index (χ4v) is 5.71. The Morgan fingerprint density at radius 2 is 1.84 bits per heavy atom. The van der Waals surface area contributed by atoms with Gasteiger partial charge in [-0.05, 0) is 55.0 Å². The van der Waals surface area contributed by atoms with Gasteiger partial charge >= 0.3 is 6.18 Å². The summed E-state index contributed by atoms with van der Waals surface area (Å²) in [7, 11) is -2.87. The smallest absolute Gasteiger partial charge is 0.416 e. The number of sulfonamides is 1. The third-order valence-electron chi connectivity index (χ3n) is 6.02. The molecule has 0 saturated carbocycles. The Balaban J connectivity index is 1.52. The summed E-state index contributed by atoms with van der Waals surface area (Å²) in [5.41, 5.74) is -0.123. The predicted octanol–water partition coefficient (Wildman–Crippen LogP) is 3.26. The fraction of sp³-hybridized carbons (Fsp3) is 0.292. The van der Waals surface area contributed by atoms with Gasteiger partial charge in [0.2, 0.25) is 21.8 Å². The van der Waals surface area contributed by atoms with E-state index < -0.39 is 45.4 Å². The zero-order chi connectivity index (χ0) is 27.7. The van der Waals surface area contributed by atoms with Gasteiger partial charge in [0.25, 0.3) is 0 Å². The number of aromatic nitrogens is 2. The predicted molar refractivity (Wildman–Crippen MR) is 125 cm³/mol. The molecule has 1 aliphatic rings. The van der Waals surface area contributed by atoms with Crippen LogP contribution in [0.4, 0.5) is 17.6 Å². The van der Waals surface area contributed by atoms with E-state index in [1.807, 2.05) is 6.07 Å². The van der Waals surface area contributed by atoms with Gasteiger partial charge in [-0.25, -0.2) is 17.5 Å². The van der Waals surface area contributed by atoms with Crippen LogP contribution in [0.5, 0.6) is 5.88 Å². The van der Waals surface area contributed by atoms with E-state index in [1.165, 1.54) is 30.1 Å². The molecule has 3 aromatic rings. The number of carbonyl (C=O) groups excluding carboxylic acids is 1. The number of nitrogens with one attached hydrogen (secondary N) is 1. The molecule has 1 N–H and O–H groups in total. The third kappa shape index (κ3) is 5.48. The Bertz CT molecular complexity index is 1470. The molecule has 38 heavy (non-hydrogen) atoms. The lowest BCUT2D eigenvalue weighted by molar-refractivity contribution is -0.137. The summed E-state index contributed by atoms with van der Waals surface area (Å²) in [6, 6.07) is 9.22. The summed E-state index contributed by atoms with van der Waals surface area (Å²) in [5.74, 6) is -1.92. The highest BCUT2D eigenvalue weighted by atomic mass is 32.2. The molecule has 1 aliphatic heterocycles. The Kier molecular flexibility index (Phi) is 7.43. The molecule has 2 aromatic carbocycles. The van der Waals surface area contributed by atoms with Crippen LogP contribution in [0.2, 0.25) is 0 Å². The van der Waals surface area contributed by atoms with Crippen LogP contribution in [0, 0.1) is 23.1 Å². The van der Waals surface area contributed by atoms with Gasteiger partial charge in [-0.2, -0.15) is 22.7 Å². The fourth-order valence-electron chi connectivity index (χ4n) is 4.07. The summed E-state index contributed by atoms with van der Waals surface area (Å²) in [6.45, 7) is -0.343. The first-order chi connectivity index (χ1) is 17.9. The van der Waals surface area contributed by atoms with Crippen molar-refractivity contribution < 1.29 is 35.5 Å². The van der Waals surface area contributed by atoms with Crippen molar-refractivity contribution in [3.63, 3.8) is 0 Å². The molecular formula is C24H21F4N5O4S. The zero-order valence-corrected chi connectivity index (χ0v) is 20.6. The third-order valence-corrected chi connectivity index (χ3v) is 7.91. The van der Waals surface area contributed by atoms with E-state index in [0.29, 0.717) is 11.3 Å². The quantitative estimate of drug-likeness (QED) is 0.451. The molecule has 4 rings (SSSR count). The molecule has 14 heteroatoms. The number of alkyl halides is 3. The molecule has 0 aliphatic carbocycles. The minimum Gasteiger partial charge on any atom is -0.480 e. The standard InChI is InChI=1S/C24H21F4N5O4S/c1-37-23-16(14-32(31-23)19-6-2-17(3-7-19)24(26,27)28)12-30-22(34)21-10-15(11-29)13-33(21)38(35,36)20-8-4-18(25)5-9-20/h2-9,14-15,21H,10,12-13H2,1H3,(H,30,34)/t15-,21-/m0/s1. The highest BCUT2D eigenvalue weighted by Crippen LogP contribution is 2.31. The molecule has 200 valence electrons. The average Bonchev–Trinajstić information content (AvgIpc) is 3.52. The first-order valence-corrected chi connectivity index (χ1v) is 12.6. The Morgan fingerprint density at radius 1 is 1.18 bits per heavy atom. The number of nitriles is 1. The second-order valence-corrected chi connectivity index (χ2v) is 10.4. The van der Waals surface area contributed by atoms with Gasteiger partial charge < -0.3 is 10.1 Å². The molecule has 1 amide bonds. The highest BCUT2D eigenvalue weighted by molar-refractivity contribution is 7.89. The lowest BCUT2D eigenvalue weighted by Crippen LogP contribution is -2.45. The minimum absolute atomic E-state index is 0.0370. The summed E-state index contributed by atoms with van der Waals surface area (Å²) >= 11 is 0. The van der Waals surface area contributed by atoms with Crippen molar-refractivity contribution >= 4 is 15.9 Å². The van der Waals surface area contributed by atoms with Crippen LogP contribution in [0.3, 0.4) is 0 Å². The molecule has 2 heterocycles. The van der Waals surface area contributed by atoms with Crippen molar-refractivity contribution in [2.75, 3.05) is 13.7 Å². The number of hydrogen-bond donors (Lipinski definition) is 1. The number of ether oxygens (including phenoxy) is 1. The number of amides is 1. The van der Waals surface area contributed by atoms with Crippen LogP contribution < -0.4 is 10.1 Å². The number of nitrogens with zero attached hydrogens (tertiary/aromatic N) is 4. The first kappa shape index (κ1) is 27.1. The number of hydrogen-bond acceptors (Lipinski definition) is 6.